The molecule has 2 aromatic rings. The number of benzene rings is 2. The lowest BCUT2D eigenvalue weighted by Gasteiger charge is -2.59. The van der Waals surface area contributed by atoms with E-state index in [2.05, 4.69) is 28.4 Å². The van der Waals surface area contributed by atoms with Gasteiger partial charge in [0.05, 0.1) is 25.9 Å². The van der Waals surface area contributed by atoms with Gasteiger partial charge in [0, 0.05) is 23.6 Å². The maximum Gasteiger partial charge on any atom is 0.251 e. The largest absolute Gasteiger partial charge is 0.497 e. The smallest absolute Gasteiger partial charge is 0.251 e. The summed E-state index contributed by atoms with van der Waals surface area (Å²) in [4.78, 5) is 15.6. The fourth-order valence-corrected chi connectivity index (χ4v) is 6.41. The molecule has 6 rings (SSSR count). The monoisotopic (exact) mass is 432 g/mol. The molecule has 0 spiro atoms. The first kappa shape index (κ1) is 20.3. The van der Waals surface area contributed by atoms with E-state index >= 15 is 0 Å². The molecule has 32 heavy (non-hydrogen) atoms. The summed E-state index contributed by atoms with van der Waals surface area (Å²) < 4.78 is 12.3. The molecule has 2 aliphatic carbocycles. The maximum atomic E-state index is 12.9. The first-order chi connectivity index (χ1) is 15.7. The molecule has 2 aliphatic heterocycles. The van der Waals surface area contributed by atoms with E-state index in [9.17, 15) is 4.79 Å². The second-order valence-corrected chi connectivity index (χ2v) is 10.1. The van der Waals surface area contributed by atoms with Gasteiger partial charge in [-0.2, -0.15) is 0 Å². The summed E-state index contributed by atoms with van der Waals surface area (Å²) in [6.45, 7) is 2.90. The number of nitrogens with one attached hydrogen (secondary N) is 1. The van der Waals surface area contributed by atoms with Crippen molar-refractivity contribution in [2.24, 2.45) is 5.92 Å². The molecule has 4 aliphatic rings. The highest BCUT2D eigenvalue weighted by Crippen LogP contribution is 2.52. The first-order valence-electron chi connectivity index (χ1n) is 12.1. The number of carbonyl (C=O) groups excluding carboxylic acids is 1. The first-order valence-corrected chi connectivity index (χ1v) is 12.1. The molecule has 2 aromatic carbocycles. The molecule has 5 nitrogen and oxygen atoms in total. The summed E-state index contributed by atoms with van der Waals surface area (Å²) in [6, 6.07) is 16.5. The number of nitrogens with zero attached hydrogens (tertiary/aromatic N) is 1. The Morgan fingerprint density at radius 2 is 2.06 bits per heavy atom. The van der Waals surface area contributed by atoms with Crippen LogP contribution in [0.3, 0.4) is 0 Å². The summed E-state index contributed by atoms with van der Waals surface area (Å²) >= 11 is 0. The van der Waals surface area contributed by atoms with Gasteiger partial charge in [-0.05, 0) is 80.0 Å². The number of rotatable bonds is 5. The van der Waals surface area contributed by atoms with Gasteiger partial charge in [-0.3, -0.25) is 9.69 Å². The van der Waals surface area contributed by atoms with E-state index in [1.807, 2.05) is 30.3 Å². The highest BCUT2D eigenvalue weighted by atomic mass is 16.5. The molecular weight excluding hydrogens is 400 g/mol. The van der Waals surface area contributed by atoms with E-state index in [4.69, 9.17) is 9.47 Å². The second-order valence-electron chi connectivity index (χ2n) is 10.1. The van der Waals surface area contributed by atoms with Gasteiger partial charge in [-0.15, -0.1) is 0 Å². The predicted molar refractivity (Wildman–Crippen MR) is 123 cm³/mol. The molecule has 1 N–H and O–H groups in total. The van der Waals surface area contributed by atoms with Crippen LogP contribution in [0.1, 0.15) is 47.2 Å². The van der Waals surface area contributed by atoms with Crippen LogP contribution in [0, 0.1) is 5.92 Å². The zero-order valence-electron chi connectivity index (χ0n) is 18.8. The summed E-state index contributed by atoms with van der Waals surface area (Å²) in [7, 11) is 1.74. The van der Waals surface area contributed by atoms with E-state index < -0.39 is 0 Å². The standard InChI is InChI=1S/C27H32N2O3/c1-31-22-10-9-20-13-24-25-27(23(20)14-22,11-12-29(24)16-18-7-8-18)15-21(17-32-25)28-26(30)19-5-3-2-4-6-19/h2-6,9-10,14,18,21,24-25H,7-8,11-13,15-17H2,1H3,(H,28,30)/t21?,24?,25?,27-/m1/s1. The van der Waals surface area contributed by atoms with E-state index in [-0.39, 0.29) is 23.5 Å². The summed E-state index contributed by atoms with van der Waals surface area (Å²) in [6.07, 6.45) is 5.96. The number of ether oxygens (including phenoxy) is 2. The topological polar surface area (TPSA) is 50.8 Å². The van der Waals surface area contributed by atoms with E-state index in [1.165, 1.54) is 30.5 Å². The highest BCUT2D eigenvalue weighted by molar-refractivity contribution is 5.94. The van der Waals surface area contributed by atoms with Crippen molar-refractivity contribution < 1.29 is 14.3 Å². The lowest BCUT2D eigenvalue weighted by Crippen LogP contribution is -2.68. The highest BCUT2D eigenvalue weighted by Gasteiger charge is 2.57. The van der Waals surface area contributed by atoms with Gasteiger partial charge in [0.2, 0.25) is 0 Å². The third-order valence-corrected chi connectivity index (χ3v) is 8.14. The Hall–Kier alpha value is -2.37. The van der Waals surface area contributed by atoms with Crippen LogP contribution in [0.5, 0.6) is 5.75 Å². The third-order valence-electron chi connectivity index (χ3n) is 8.14. The van der Waals surface area contributed by atoms with E-state index in [0.29, 0.717) is 18.2 Å². The Bertz CT molecular complexity index is 1010. The maximum absolute atomic E-state index is 12.9. The minimum atomic E-state index is -0.0697. The number of methoxy groups -OCH3 is 1. The van der Waals surface area contributed by atoms with Crippen LogP contribution in [0.2, 0.25) is 0 Å². The number of likely N-dealkylation sites (tertiary alicyclic amines) is 1. The second kappa shape index (κ2) is 7.89. The molecule has 1 saturated carbocycles. The molecule has 3 fully saturated rings. The van der Waals surface area contributed by atoms with Crippen LogP contribution >= 0.6 is 0 Å². The predicted octanol–water partition coefficient (Wildman–Crippen LogP) is 3.56. The molecule has 2 heterocycles. The fourth-order valence-electron chi connectivity index (χ4n) is 6.41. The van der Waals surface area contributed by atoms with Crippen molar-refractivity contribution in [3.8, 4) is 5.75 Å². The molecule has 0 radical (unpaired) electrons. The van der Waals surface area contributed by atoms with Crippen LogP contribution in [-0.4, -0.2) is 55.8 Å². The van der Waals surface area contributed by atoms with Crippen molar-refractivity contribution >= 4 is 5.91 Å². The van der Waals surface area contributed by atoms with Gasteiger partial charge >= 0.3 is 0 Å². The summed E-state index contributed by atoms with van der Waals surface area (Å²) in [5.74, 6) is 1.77. The van der Waals surface area contributed by atoms with Gasteiger partial charge < -0.3 is 14.8 Å². The fraction of sp³-hybridized carbons (Fsp3) is 0.519. The van der Waals surface area contributed by atoms with Crippen molar-refractivity contribution in [1.29, 1.82) is 0 Å². The Morgan fingerprint density at radius 3 is 2.84 bits per heavy atom. The number of piperidine rings is 1. The normalized spacial score (nSPS) is 31.3. The zero-order valence-corrected chi connectivity index (χ0v) is 18.8. The van der Waals surface area contributed by atoms with Crippen molar-refractivity contribution in [2.75, 3.05) is 26.8 Å². The van der Waals surface area contributed by atoms with Gasteiger partial charge in [-0.1, -0.05) is 24.3 Å². The number of fused-ring (bicyclic) bond motifs is 1. The van der Waals surface area contributed by atoms with Crippen LogP contribution in [0.4, 0.5) is 0 Å². The molecule has 2 bridgehead atoms. The Morgan fingerprint density at radius 1 is 1.22 bits per heavy atom. The van der Waals surface area contributed by atoms with E-state index in [0.717, 1.165) is 37.5 Å². The van der Waals surface area contributed by atoms with Crippen LogP contribution < -0.4 is 10.1 Å². The van der Waals surface area contributed by atoms with Gasteiger partial charge in [-0.25, -0.2) is 0 Å². The molecule has 3 unspecified atom stereocenters. The number of hydrogen-bond donors (Lipinski definition) is 1. The quantitative estimate of drug-likeness (QED) is 0.785. The molecule has 168 valence electrons. The van der Waals surface area contributed by atoms with Crippen LogP contribution in [0.15, 0.2) is 48.5 Å². The Kier molecular flexibility index (Phi) is 4.99. The molecule has 4 atom stereocenters. The Balaban J connectivity index is 1.32. The minimum Gasteiger partial charge on any atom is -0.497 e. The average molecular weight is 433 g/mol. The zero-order chi connectivity index (χ0) is 21.7. The summed E-state index contributed by atoms with van der Waals surface area (Å²) in [5.41, 5.74) is 3.43. The summed E-state index contributed by atoms with van der Waals surface area (Å²) in [5, 5.41) is 3.27. The van der Waals surface area contributed by atoms with Crippen molar-refractivity contribution in [1.82, 2.24) is 10.2 Å². The lowest BCUT2D eigenvalue weighted by molar-refractivity contribution is -0.136. The Labute approximate surface area is 190 Å². The van der Waals surface area contributed by atoms with Crippen molar-refractivity contribution in [3.05, 3.63) is 65.2 Å². The number of hydrogen-bond acceptors (Lipinski definition) is 4. The molecular formula is C27H32N2O3. The van der Waals surface area contributed by atoms with Crippen LogP contribution in [-0.2, 0) is 16.6 Å². The van der Waals surface area contributed by atoms with Gasteiger partial charge in [0.1, 0.15) is 5.75 Å². The molecule has 2 saturated heterocycles. The number of amides is 1. The van der Waals surface area contributed by atoms with Crippen molar-refractivity contribution in [2.45, 2.75) is 55.7 Å². The minimum absolute atomic E-state index is 0.00624. The molecule has 0 aromatic heterocycles. The average Bonchev–Trinajstić information content (AvgIpc) is 3.65. The van der Waals surface area contributed by atoms with E-state index in [1.54, 1.807) is 7.11 Å². The molecule has 5 heteroatoms. The van der Waals surface area contributed by atoms with Crippen LogP contribution in [0.25, 0.3) is 0 Å². The van der Waals surface area contributed by atoms with Crippen molar-refractivity contribution in [3.63, 3.8) is 0 Å². The number of carbonyl (C=O) groups is 1. The SMILES string of the molecule is COc1ccc2c(c1)[C@]13CCN(CC4CC4)C(C2)C1OCC(NC(=O)c1ccccc1)C3. The molecule has 1 amide bonds. The van der Waals surface area contributed by atoms with Gasteiger partial charge in [0.25, 0.3) is 5.91 Å². The third kappa shape index (κ3) is 3.43. The lowest BCUT2D eigenvalue weighted by atomic mass is 9.58. The van der Waals surface area contributed by atoms with Gasteiger partial charge in [0.15, 0.2) is 0 Å².